The van der Waals surface area contributed by atoms with Crippen LogP contribution in [0.3, 0.4) is 0 Å². The number of nitrogens with one attached hydrogen (secondary N) is 5. The van der Waals surface area contributed by atoms with Crippen molar-refractivity contribution in [1.82, 2.24) is 79.0 Å². The minimum atomic E-state index is -0.541. The number of nitrogens with zero attached hydrogens (tertiary/aromatic N) is 14. The molecule has 6 aromatic carbocycles. The minimum Gasteiger partial charge on any atom is -0.497 e. The molecule has 33 nitrogen and oxygen atoms in total. The lowest BCUT2D eigenvalue weighted by Crippen LogP contribution is -2.43. The summed E-state index contributed by atoms with van der Waals surface area (Å²) in [6, 6.07) is 34.4. The molecule has 5 N–H and O–H groups in total. The largest absolute Gasteiger partial charge is 0.497 e. The van der Waals surface area contributed by atoms with Gasteiger partial charge in [0.05, 0.1) is 85.3 Å². The number of hydrogen-bond acceptors (Lipinski definition) is 27. The van der Waals surface area contributed by atoms with Gasteiger partial charge >= 0.3 is 5.69 Å². The van der Waals surface area contributed by atoms with Crippen LogP contribution in [0.4, 0.5) is 11.6 Å². The molecule has 0 spiro atoms. The van der Waals surface area contributed by atoms with Crippen molar-refractivity contribution in [1.29, 1.82) is 0 Å². The molecule has 0 fully saturated rings. The van der Waals surface area contributed by atoms with Gasteiger partial charge in [-0.15, -0.1) is 10.2 Å². The monoisotopic (exact) mass is 1600 g/mol. The normalized spacial score (nSPS) is 12.5. The summed E-state index contributed by atoms with van der Waals surface area (Å²) in [7, 11) is 19.6. The maximum Gasteiger partial charge on any atom is 0.340 e. The van der Waals surface area contributed by atoms with Crippen LogP contribution in [0.1, 0.15) is 44.7 Å². The molecule has 0 saturated carbocycles. The molecule has 111 heavy (non-hydrogen) atoms. The molecule has 1 aliphatic heterocycles. The van der Waals surface area contributed by atoms with Crippen molar-refractivity contribution in [2.75, 3.05) is 101 Å². The molecule has 14 rings (SSSR count). The van der Waals surface area contributed by atoms with E-state index in [-0.39, 0.29) is 27.3 Å². The van der Waals surface area contributed by atoms with Crippen LogP contribution >= 0.6 is 46.4 Å². The molecule has 8 heterocycles. The first-order chi connectivity index (χ1) is 53.9. The number of rotatable bonds is 26. The van der Waals surface area contributed by atoms with Crippen LogP contribution in [0.15, 0.2) is 168 Å². The van der Waals surface area contributed by atoms with Crippen LogP contribution < -0.4 is 94.0 Å². The number of aromatic nitrogens is 14. The number of anilines is 2. The lowest BCUT2D eigenvalue weighted by Gasteiger charge is -2.26. The number of H-pyrrole nitrogens is 2. The summed E-state index contributed by atoms with van der Waals surface area (Å²) >= 11 is 24.1. The Morgan fingerprint density at radius 2 is 0.757 bits per heavy atom. The summed E-state index contributed by atoms with van der Waals surface area (Å²) in [6.45, 7) is 3.19. The predicted octanol–water partition coefficient (Wildman–Crippen LogP) is 10.5. The number of halogens is 4. The average Bonchev–Trinajstić information content (AvgIpc) is 1.76. The summed E-state index contributed by atoms with van der Waals surface area (Å²) < 4.78 is 71.2. The van der Waals surface area contributed by atoms with E-state index in [0.717, 1.165) is 62.2 Å². The highest BCUT2D eigenvalue weighted by atomic mass is 35.5. The second-order valence-electron chi connectivity index (χ2n) is 23.4. The number of ether oxygens (including phenoxy) is 12. The summed E-state index contributed by atoms with van der Waals surface area (Å²) in [5.41, 5.74) is 8.42. The fraction of sp³-hybridized carbons (Fsp3) is 0.270. The van der Waals surface area contributed by atoms with Crippen LogP contribution in [0, 0.1) is 0 Å². The zero-order valence-corrected chi connectivity index (χ0v) is 65.4. The Morgan fingerprint density at radius 3 is 1.12 bits per heavy atom. The first-order valence-corrected chi connectivity index (χ1v) is 35.2. The molecule has 0 radical (unpaired) electrons. The molecule has 7 aromatic heterocycles. The van der Waals surface area contributed by atoms with Gasteiger partial charge in [-0.25, -0.2) is 48.1 Å². The molecule has 584 valence electrons. The maximum atomic E-state index is 10.9. The van der Waals surface area contributed by atoms with Crippen molar-refractivity contribution < 1.29 is 56.8 Å². The molecule has 2 unspecified atom stereocenters. The second-order valence-corrected chi connectivity index (χ2v) is 24.9. The summed E-state index contributed by atoms with van der Waals surface area (Å²) in [6.07, 6.45) is 13.1. The van der Waals surface area contributed by atoms with E-state index in [1.54, 1.807) is 136 Å². The third-order valence-electron chi connectivity index (χ3n) is 16.8. The number of alkyl halides is 2. The van der Waals surface area contributed by atoms with Crippen LogP contribution in [0.2, 0.25) is 10.6 Å². The summed E-state index contributed by atoms with van der Waals surface area (Å²) in [5, 5.41) is 17.3. The molecule has 0 saturated heterocycles. The van der Waals surface area contributed by atoms with Crippen LogP contribution in [0.25, 0.3) is 16.9 Å². The van der Waals surface area contributed by atoms with Crippen LogP contribution in [0.5, 0.6) is 69.0 Å². The van der Waals surface area contributed by atoms with Crippen molar-refractivity contribution in [3.8, 4) is 69.0 Å². The molecule has 0 aliphatic carbocycles. The lowest BCUT2D eigenvalue weighted by atomic mass is 10.1. The molecular formula is C74H81Cl4N19O14. The molecule has 0 bridgehead atoms. The third kappa shape index (κ3) is 20.8. The second kappa shape index (κ2) is 39.3. The Labute approximate surface area is 656 Å². The van der Waals surface area contributed by atoms with Gasteiger partial charge in [0.1, 0.15) is 74.5 Å². The summed E-state index contributed by atoms with van der Waals surface area (Å²) in [5.74, 6) is 10.7. The highest BCUT2D eigenvalue weighted by Crippen LogP contribution is 2.36. The fourth-order valence-electron chi connectivity index (χ4n) is 11.3. The first kappa shape index (κ1) is 81.4. The molecule has 1 aliphatic rings. The van der Waals surface area contributed by atoms with Gasteiger partial charge in [-0.1, -0.05) is 35.3 Å². The fourth-order valence-corrected chi connectivity index (χ4v) is 12.2. The van der Waals surface area contributed by atoms with Crippen molar-refractivity contribution in [2.24, 2.45) is 0 Å². The van der Waals surface area contributed by atoms with E-state index in [1.807, 2.05) is 124 Å². The van der Waals surface area contributed by atoms with Crippen molar-refractivity contribution in [2.45, 2.75) is 50.4 Å². The van der Waals surface area contributed by atoms with E-state index in [1.165, 1.54) is 16.9 Å². The maximum absolute atomic E-state index is 10.9. The van der Waals surface area contributed by atoms with Gasteiger partial charge in [-0.2, -0.15) is 9.97 Å². The number of imidazole rings is 4. The van der Waals surface area contributed by atoms with Crippen molar-refractivity contribution in [3.63, 3.8) is 0 Å². The van der Waals surface area contributed by atoms with Gasteiger partial charge in [-0.05, 0) is 83.9 Å². The summed E-state index contributed by atoms with van der Waals surface area (Å²) in [4.78, 5) is 53.3. The number of hydrogen-bond donors (Lipinski definition) is 5. The first-order valence-electron chi connectivity index (χ1n) is 33.6. The van der Waals surface area contributed by atoms with Crippen LogP contribution in [-0.4, -0.2) is 159 Å². The van der Waals surface area contributed by atoms with E-state index >= 15 is 0 Å². The Balaban J connectivity index is 0.000000157. The van der Waals surface area contributed by atoms with Crippen molar-refractivity contribution in [3.05, 3.63) is 229 Å². The van der Waals surface area contributed by atoms with Crippen molar-refractivity contribution >= 4 is 75.0 Å². The van der Waals surface area contributed by atoms with E-state index in [2.05, 4.69) is 61.3 Å². The average molecular weight is 1600 g/mol. The number of aromatic amines is 2. The zero-order chi connectivity index (χ0) is 79.1. The van der Waals surface area contributed by atoms with Gasteiger partial charge in [-0.3, -0.25) is 20.5 Å². The lowest BCUT2D eigenvalue weighted by molar-refractivity contribution is 0.387. The molecule has 0 amide bonds. The van der Waals surface area contributed by atoms with Gasteiger partial charge < -0.3 is 72.0 Å². The van der Waals surface area contributed by atoms with E-state index in [4.69, 9.17) is 103 Å². The molecule has 2 atom stereocenters. The third-order valence-corrected chi connectivity index (χ3v) is 17.7. The molecule has 37 heteroatoms. The van der Waals surface area contributed by atoms with Gasteiger partial charge in [0.25, 0.3) is 5.56 Å². The highest BCUT2D eigenvalue weighted by molar-refractivity contribution is 6.28. The Kier molecular flexibility index (Phi) is 28.8. The predicted molar refractivity (Wildman–Crippen MR) is 419 cm³/mol. The van der Waals surface area contributed by atoms with E-state index in [9.17, 15) is 9.59 Å². The van der Waals surface area contributed by atoms with Gasteiger partial charge in [0.15, 0.2) is 34.4 Å². The smallest absolute Gasteiger partial charge is 0.340 e. The Hall–Kier alpha value is -12.1. The van der Waals surface area contributed by atoms with Gasteiger partial charge in [0.2, 0.25) is 16.2 Å². The minimum absolute atomic E-state index is 0.115. The highest BCUT2D eigenvalue weighted by Gasteiger charge is 2.25. The van der Waals surface area contributed by atoms with E-state index < -0.39 is 11.2 Å². The molecule has 13 aromatic rings. The van der Waals surface area contributed by atoms with Gasteiger partial charge in [0, 0.05) is 159 Å². The quantitative estimate of drug-likeness (QED) is 0.0248. The zero-order valence-electron chi connectivity index (χ0n) is 62.4. The number of benzene rings is 6. The number of methoxy groups -OCH3 is 12. The van der Waals surface area contributed by atoms with Crippen LogP contribution in [-0.2, 0) is 39.3 Å². The number of fused-ring (bicyclic) bond motifs is 4. The van der Waals surface area contributed by atoms with E-state index in [0.29, 0.717) is 108 Å². The Bertz CT molecular complexity index is 4990. The SMILES string of the molecule is COc1ccc(CN(Cc2ccc(OC)cc2OC)c2nc(Cl)nn3ccnc23)c(OC)c1.COc1ccc(CN(Cc2ccc(OC)cc2OC)c2nc(Cl)nn3ccnc23)c(OC)c1.COc1ccc(CNCc2ccc(OC)cc2OC)c(OC)c1.ClC1NC(Cl)c2nccn2N1.O=c1[nH]c(=O)c2nccn2[nH]1. The molecular weight excluding hydrogens is 1520 g/mol. The topological polar surface area (TPSA) is 340 Å². The Morgan fingerprint density at radius 1 is 0.423 bits per heavy atom. The standard InChI is InChI=1S/2C23H24ClN5O4.C18H23NO4.C5H6Cl2N4.C5H4N4O2/c2*1-30-17-7-5-15(19(11-17)32-3)13-28(14-16-6-8-18(31-2)12-20(16)33-4)22-21-25-9-10-29(21)27-23(24)26-22;1-20-15-7-5-13(17(9-15)22-3)11-19-12-14-6-8-16(21-2)10-18(14)23-4;6-3-4-8-1-2-11(4)10-5(7)9-3;10-4-3-6-1-2-9(3)8-5(11)7-4/h2*5-12H,13-14H2,1-4H3;5-10,19H,11-12H2,1-4H3;1-3,5,9-10H;1-2H,(H2,7,8,10,11).